The van der Waals surface area contributed by atoms with Gasteiger partial charge in [-0.15, -0.1) is 0 Å². The summed E-state index contributed by atoms with van der Waals surface area (Å²) in [6, 6.07) is 0. The molecule has 0 atom stereocenters. The van der Waals surface area contributed by atoms with Crippen molar-refractivity contribution >= 4 is 6.20 Å². The molecule has 0 saturated heterocycles. The normalized spacial score (nSPS) is 11.8. The second kappa shape index (κ2) is 3.30. The van der Waals surface area contributed by atoms with Gasteiger partial charge in [-0.25, -0.2) is 9.67 Å². The van der Waals surface area contributed by atoms with Gasteiger partial charge in [-0.05, 0) is 13.8 Å². The highest BCUT2D eigenvalue weighted by molar-refractivity contribution is 5.14. The summed E-state index contributed by atoms with van der Waals surface area (Å²) in [5, 5.41) is 4.12. The molecule has 0 aromatic carbocycles. The summed E-state index contributed by atoms with van der Waals surface area (Å²) in [4.78, 5) is 8.23. The van der Waals surface area contributed by atoms with Crippen LogP contribution in [0.15, 0.2) is 11.6 Å². The molecular formula is C8H12N4. The second-order valence-electron chi connectivity index (χ2n) is 2.42. The summed E-state index contributed by atoms with van der Waals surface area (Å²) >= 11 is 0. The van der Waals surface area contributed by atoms with Crippen molar-refractivity contribution in [3.05, 3.63) is 23.6 Å². The molecular weight excluding hydrogens is 152 g/mol. The third-order valence-electron chi connectivity index (χ3n) is 1.51. The van der Waals surface area contributed by atoms with Gasteiger partial charge in [0.15, 0.2) is 5.49 Å². The Balaban J connectivity index is 3.56. The lowest BCUT2D eigenvalue weighted by Gasteiger charge is -2.02. The lowest BCUT2D eigenvalue weighted by Crippen LogP contribution is -2.24. The molecule has 0 N–H and O–H groups in total. The van der Waals surface area contributed by atoms with Gasteiger partial charge >= 0.3 is 0 Å². The second-order valence-corrected chi connectivity index (χ2v) is 2.42. The predicted octanol–water partition coefficient (Wildman–Crippen LogP) is 0.526. The van der Waals surface area contributed by atoms with Crippen molar-refractivity contribution in [3.8, 4) is 0 Å². The average Bonchev–Trinajstić information content (AvgIpc) is 2.03. The predicted molar refractivity (Wildman–Crippen MR) is 47.4 cm³/mol. The molecule has 1 heterocycles. The van der Waals surface area contributed by atoms with Crippen molar-refractivity contribution in [2.75, 3.05) is 7.05 Å². The third-order valence-corrected chi connectivity index (χ3v) is 1.51. The molecule has 4 nitrogen and oxygen atoms in total. The topological polar surface area (TPSA) is 43.1 Å². The molecule has 64 valence electrons. The van der Waals surface area contributed by atoms with Crippen LogP contribution in [0.5, 0.6) is 0 Å². The van der Waals surface area contributed by atoms with Crippen LogP contribution in [0, 0.1) is 13.8 Å². The van der Waals surface area contributed by atoms with E-state index >= 15 is 0 Å². The van der Waals surface area contributed by atoms with E-state index in [1.807, 2.05) is 13.8 Å². The molecule has 0 aliphatic rings. The molecule has 1 aromatic heterocycles. The van der Waals surface area contributed by atoms with Crippen LogP contribution in [0.25, 0.3) is 6.20 Å². The molecule has 1 rings (SSSR count). The van der Waals surface area contributed by atoms with Gasteiger partial charge in [-0.3, -0.25) is 4.99 Å². The molecule has 0 radical (unpaired) electrons. The van der Waals surface area contributed by atoms with E-state index in [9.17, 15) is 0 Å². The van der Waals surface area contributed by atoms with Gasteiger partial charge in [-0.2, -0.15) is 5.10 Å². The largest absolute Gasteiger partial charge is 0.269 e. The molecule has 1 aromatic rings. The molecule has 4 heteroatoms. The Morgan fingerprint density at radius 1 is 1.50 bits per heavy atom. The summed E-state index contributed by atoms with van der Waals surface area (Å²) < 4.78 is 1.62. The van der Waals surface area contributed by atoms with Crippen LogP contribution >= 0.6 is 0 Å². The van der Waals surface area contributed by atoms with Crippen molar-refractivity contribution in [3.63, 3.8) is 0 Å². The average molecular weight is 164 g/mol. The quantitative estimate of drug-likeness (QED) is 0.607. The third kappa shape index (κ3) is 1.42. The molecule has 12 heavy (non-hydrogen) atoms. The maximum Gasteiger partial charge on any atom is 0.170 e. The van der Waals surface area contributed by atoms with Crippen molar-refractivity contribution in [1.82, 2.24) is 14.8 Å². The maximum absolute atomic E-state index is 4.18. The minimum Gasteiger partial charge on any atom is -0.269 e. The first-order valence-electron chi connectivity index (χ1n) is 3.68. The number of nitrogens with zero attached hydrogens (tertiary/aromatic N) is 4. The number of aryl methyl sites for hydroxylation is 2. The lowest BCUT2D eigenvalue weighted by molar-refractivity contribution is 0.744. The Labute approximate surface area is 71.3 Å². The van der Waals surface area contributed by atoms with Gasteiger partial charge in [0.05, 0.1) is 5.69 Å². The number of aromatic nitrogens is 3. The lowest BCUT2D eigenvalue weighted by atomic mass is 10.5. The molecule has 0 bridgehead atoms. The fraction of sp³-hybridized carbons (Fsp3) is 0.375. The molecule has 0 amide bonds. The van der Waals surface area contributed by atoms with Crippen LogP contribution < -0.4 is 5.49 Å². The van der Waals surface area contributed by atoms with Crippen LogP contribution in [0.3, 0.4) is 0 Å². The van der Waals surface area contributed by atoms with Gasteiger partial charge in [0, 0.05) is 13.2 Å². The molecule has 0 aliphatic carbocycles. The van der Waals surface area contributed by atoms with Gasteiger partial charge in [0.25, 0.3) is 0 Å². The smallest absolute Gasteiger partial charge is 0.170 e. The Morgan fingerprint density at radius 3 is 2.67 bits per heavy atom. The molecule has 0 spiro atoms. The Hall–Kier alpha value is -1.45. The first-order valence-corrected chi connectivity index (χ1v) is 3.68. The highest BCUT2D eigenvalue weighted by atomic mass is 15.3. The van der Waals surface area contributed by atoms with Crippen LogP contribution in [0.4, 0.5) is 0 Å². The zero-order valence-corrected chi connectivity index (χ0v) is 7.57. The standard InChI is InChI=1S/C8H12N4/c1-5-12-8(9-4)6(2)10-7(3)11-12/h5H,1H2,2-4H3. The van der Waals surface area contributed by atoms with E-state index in [1.165, 1.54) is 0 Å². The van der Waals surface area contributed by atoms with Gasteiger partial charge in [-0.1, -0.05) is 6.58 Å². The van der Waals surface area contributed by atoms with Crippen molar-refractivity contribution in [2.45, 2.75) is 13.8 Å². The van der Waals surface area contributed by atoms with E-state index in [0.29, 0.717) is 0 Å². The zero-order valence-electron chi connectivity index (χ0n) is 7.57. The van der Waals surface area contributed by atoms with Crippen LogP contribution in [0.1, 0.15) is 11.5 Å². The molecule has 0 fully saturated rings. The van der Waals surface area contributed by atoms with E-state index in [0.717, 1.165) is 17.0 Å². The fourth-order valence-electron chi connectivity index (χ4n) is 1.08. The Morgan fingerprint density at radius 2 is 2.17 bits per heavy atom. The summed E-state index contributed by atoms with van der Waals surface area (Å²) in [6.07, 6.45) is 1.62. The van der Waals surface area contributed by atoms with Crippen molar-refractivity contribution < 1.29 is 0 Å². The van der Waals surface area contributed by atoms with Gasteiger partial charge < -0.3 is 0 Å². The van der Waals surface area contributed by atoms with E-state index in [1.54, 1.807) is 17.9 Å². The molecule has 0 saturated carbocycles. The highest BCUT2D eigenvalue weighted by Gasteiger charge is 1.97. The monoisotopic (exact) mass is 164 g/mol. The summed E-state index contributed by atoms with van der Waals surface area (Å²) in [5.74, 6) is 0.722. The summed E-state index contributed by atoms with van der Waals surface area (Å²) in [7, 11) is 1.71. The van der Waals surface area contributed by atoms with Crippen LogP contribution in [0.2, 0.25) is 0 Å². The SMILES string of the molecule is C=Cn1nc(C)nc(C)c1=NC. The maximum atomic E-state index is 4.18. The molecule has 0 aliphatic heterocycles. The van der Waals surface area contributed by atoms with Gasteiger partial charge in [0.2, 0.25) is 0 Å². The highest BCUT2D eigenvalue weighted by Crippen LogP contribution is 1.86. The minimum absolute atomic E-state index is 0.722. The Bertz CT molecular complexity index is 362. The van der Waals surface area contributed by atoms with E-state index in [4.69, 9.17) is 0 Å². The van der Waals surface area contributed by atoms with Crippen molar-refractivity contribution in [2.24, 2.45) is 4.99 Å². The van der Waals surface area contributed by atoms with Crippen LogP contribution in [-0.4, -0.2) is 21.8 Å². The Kier molecular flexibility index (Phi) is 2.38. The van der Waals surface area contributed by atoms with E-state index in [2.05, 4.69) is 21.7 Å². The van der Waals surface area contributed by atoms with E-state index in [-0.39, 0.29) is 0 Å². The number of hydrogen-bond donors (Lipinski definition) is 0. The zero-order chi connectivity index (χ0) is 9.14. The van der Waals surface area contributed by atoms with Crippen molar-refractivity contribution in [1.29, 1.82) is 0 Å². The first-order chi connectivity index (χ1) is 5.69. The summed E-state index contributed by atoms with van der Waals surface area (Å²) in [5.41, 5.74) is 1.61. The molecule has 0 unspecified atom stereocenters. The number of hydrogen-bond acceptors (Lipinski definition) is 3. The summed E-state index contributed by atoms with van der Waals surface area (Å²) in [6.45, 7) is 7.37. The fourth-order valence-corrected chi connectivity index (χ4v) is 1.08. The minimum atomic E-state index is 0.722. The first kappa shape index (κ1) is 8.64. The van der Waals surface area contributed by atoms with E-state index < -0.39 is 0 Å². The van der Waals surface area contributed by atoms with Gasteiger partial charge in [0.1, 0.15) is 5.82 Å². The number of rotatable bonds is 1. The van der Waals surface area contributed by atoms with Crippen LogP contribution in [-0.2, 0) is 0 Å².